The lowest BCUT2D eigenvalue weighted by Gasteiger charge is -2.32. The lowest BCUT2D eigenvalue weighted by molar-refractivity contribution is 0.154. The van der Waals surface area contributed by atoms with Crippen LogP contribution in [0, 0.1) is 5.82 Å². The largest absolute Gasteiger partial charge is 0.334 e. The molecule has 1 fully saturated rings. The van der Waals surface area contributed by atoms with Crippen LogP contribution >= 0.6 is 11.6 Å². The van der Waals surface area contributed by atoms with Crippen molar-refractivity contribution in [1.82, 2.24) is 15.1 Å². The maximum absolute atomic E-state index is 13.5. The zero-order chi connectivity index (χ0) is 13.8. The number of piperazine rings is 1. The zero-order valence-corrected chi connectivity index (χ0v) is 11.6. The van der Waals surface area contributed by atoms with E-state index in [1.54, 1.807) is 17.0 Å². The Morgan fingerprint density at radius 1 is 1.37 bits per heavy atom. The monoisotopic (exact) mass is 285 g/mol. The summed E-state index contributed by atoms with van der Waals surface area (Å²) in [6.45, 7) is 3.19. The van der Waals surface area contributed by atoms with E-state index in [1.807, 2.05) is 7.05 Å². The Bertz CT molecular complexity index is 441. The lowest BCUT2D eigenvalue weighted by atomic mass is 10.2. The van der Waals surface area contributed by atoms with E-state index in [1.165, 1.54) is 6.07 Å². The van der Waals surface area contributed by atoms with E-state index >= 15 is 0 Å². The normalized spacial score (nSPS) is 16.5. The fourth-order valence-electron chi connectivity index (χ4n) is 1.99. The van der Waals surface area contributed by atoms with Gasteiger partial charge in [-0.1, -0.05) is 17.7 Å². The minimum Gasteiger partial charge on any atom is -0.334 e. The molecule has 1 aromatic rings. The van der Waals surface area contributed by atoms with Gasteiger partial charge in [-0.2, -0.15) is 0 Å². The van der Waals surface area contributed by atoms with Gasteiger partial charge >= 0.3 is 6.03 Å². The molecule has 0 radical (unpaired) electrons. The Kier molecular flexibility index (Phi) is 4.61. The summed E-state index contributed by atoms with van der Waals surface area (Å²) in [7, 11) is 2.02. The third-order valence-electron chi connectivity index (χ3n) is 3.27. The summed E-state index contributed by atoms with van der Waals surface area (Å²) in [4.78, 5) is 15.8. The van der Waals surface area contributed by atoms with Gasteiger partial charge in [0.05, 0.1) is 0 Å². The van der Waals surface area contributed by atoms with Gasteiger partial charge in [-0.05, 0) is 19.2 Å². The highest BCUT2D eigenvalue weighted by Crippen LogP contribution is 2.18. The summed E-state index contributed by atoms with van der Waals surface area (Å²) in [6, 6.07) is 4.32. The van der Waals surface area contributed by atoms with Crippen LogP contribution in [0.4, 0.5) is 9.18 Å². The first-order valence-corrected chi connectivity index (χ1v) is 6.60. The Balaban J connectivity index is 1.90. The molecule has 2 rings (SSSR count). The van der Waals surface area contributed by atoms with Crippen molar-refractivity contribution >= 4 is 17.6 Å². The van der Waals surface area contributed by atoms with E-state index in [4.69, 9.17) is 11.6 Å². The standard InChI is InChI=1S/C13H17ClFN3O/c1-17-5-7-18(8-6-17)13(19)16-9-10-11(14)3-2-4-12(10)15/h2-4H,5-9H2,1H3,(H,16,19). The third kappa shape index (κ3) is 3.58. The average Bonchev–Trinajstić information content (AvgIpc) is 2.38. The second-order valence-corrected chi connectivity index (χ2v) is 5.06. The predicted octanol–water partition coefficient (Wildman–Crippen LogP) is 1.94. The molecule has 0 bridgehead atoms. The lowest BCUT2D eigenvalue weighted by Crippen LogP contribution is -2.50. The number of carbonyl (C=O) groups excluding carboxylic acids is 1. The van der Waals surface area contributed by atoms with E-state index in [-0.39, 0.29) is 12.6 Å². The molecule has 1 aliphatic heterocycles. The van der Waals surface area contributed by atoms with Crippen LogP contribution in [0.15, 0.2) is 18.2 Å². The predicted molar refractivity (Wildman–Crippen MR) is 72.7 cm³/mol. The van der Waals surface area contributed by atoms with E-state index in [9.17, 15) is 9.18 Å². The number of benzene rings is 1. The van der Waals surface area contributed by atoms with E-state index in [0.29, 0.717) is 23.7 Å². The number of urea groups is 1. The van der Waals surface area contributed by atoms with Gasteiger partial charge in [0.2, 0.25) is 0 Å². The Morgan fingerprint density at radius 2 is 2.05 bits per heavy atom. The number of carbonyl (C=O) groups is 1. The average molecular weight is 286 g/mol. The van der Waals surface area contributed by atoms with Gasteiger partial charge in [0.1, 0.15) is 5.82 Å². The second kappa shape index (κ2) is 6.21. The van der Waals surface area contributed by atoms with Crippen molar-refractivity contribution in [2.75, 3.05) is 33.2 Å². The van der Waals surface area contributed by atoms with Crippen LogP contribution in [0.2, 0.25) is 5.02 Å². The van der Waals surface area contributed by atoms with Crippen LogP contribution in [0.25, 0.3) is 0 Å². The van der Waals surface area contributed by atoms with Crippen LogP contribution in [0.1, 0.15) is 5.56 Å². The van der Waals surface area contributed by atoms with Gasteiger partial charge < -0.3 is 15.1 Å². The van der Waals surface area contributed by atoms with Crippen molar-refractivity contribution in [3.8, 4) is 0 Å². The molecule has 1 aromatic carbocycles. The summed E-state index contributed by atoms with van der Waals surface area (Å²) in [5.41, 5.74) is 0.326. The van der Waals surface area contributed by atoms with Crippen LogP contribution in [-0.4, -0.2) is 49.1 Å². The fraction of sp³-hybridized carbons (Fsp3) is 0.462. The van der Waals surface area contributed by atoms with Crippen LogP contribution in [0.3, 0.4) is 0 Å². The number of rotatable bonds is 2. The molecule has 1 heterocycles. The molecule has 19 heavy (non-hydrogen) atoms. The molecular formula is C13H17ClFN3O. The number of nitrogens with one attached hydrogen (secondary N) is 1. The zero-order valence-electron chi connectivity index (χ0n) is 10.8. The van der Waals surface area contributed by atoms with Crippen molar-refractivity contribution in [1.29, 1.82) is 0 Å². The first-order valence-electron chi connectivity index (χ1n) is 6.22. The van der Waals surface area contributed by atoms with Crippen LogP contribution in [-0.2, 0) is 6.54 Å². The summed E-state index contributed by atoms with van der Waals surface area (Å²) in [5.74, 6) is -0.397. The molecular weight excluding hydrogens is 269 g/mol. The summed E-state index contributed by atoms with van der Waals surface area (Å²) < 4.78 is 13.5. The molecule has 0 saturated carbocycles. The van der Waals surface area contributed by atoms with Crippen molar-refractivity contribution in [3.05, 3.63) is 34.6 Å². The van der Waals surface area contributed by atoms with Gasteiger partial charge in [-0.15, -0.1) is 0 Å². The molecule has 1 N–H and O–H groups in total. The fourth-order valence-corrected chi connectivity index (χ4v) is 2.22. The van der Waals surface area contributed by atoms with Gasteiger partial charge in [-0.25, -0.2) is 9.18 Å². The van der Waals surface area contributed by atoms with Gasteiger partial charge in [-0.3, -0.25) is 0 Å². The quantitative estimate of drug-likeness (QED) is 0.901. The summed E-state index contributed by atoms with van der Waals surface area (Å²) in [6.07, 6.45) is 0. The Morgan fingerprint density at radius 3 is 2.68 bits per heavy atom. The van der Waals surface area contributed by atoms with E-state index in [2.05, 4.69) is 10.2 Å². The summed E-state index contributed by atoms with van der Waals surface area (Å²) in [5, 5.41) is 3.04. The highest BCUT2D eigenvalue weighted by molar-refractivity contribution is 6.31. The minimum atomic E-state index is -0.397. The van der Waals surface area contributed by atoms with Crippen molar-refractivity contribution in [2.24, 2.45) is 0 Å². The van der Waals surface area contributed by atoms with Crippen LogP contribution in [0.5, 0.6) is 0 Å². The third-order valence-corrected chi connectivity index (χ3v) is 3.62. The van der Waals surface area contributed by atoms with Crippen molar-refractivity contribution < 1.29 is 9.18 Å². The van der Waals surface area contributed by atoms with Crippen LogP contribution < -0.4 is 5.32 Å². The number of hydrogen-bond acceptors (Lipinski definition) is 2. The molecule has 4 nitrogen and oxygen atoms in total. The Hall–Kier alpha value is -1.33. The highest BCUT2D eigenvalue weighted by atomic mass is 35.5. The topological polar surface area (TPSA) is 35.6 Å². The molecule has 6 heteroatoms. The van der Waals surface area contributed by atoms with E-state index < -0.39 is 5.82 Å². The number of halogens is 2. The Labute approximate surface area is 117 Å². The van der Waals surface area contributed by atoms with Gasteiger partial charge in [0.15, 0.2) is 0 Å². The minimum absolute atomic E-state index is 0.108. The number of nitrogens with zero attached hydrogens (tertiary/aromatic N) is 2. The molecule has 104 valence electrons. The SMILES string of the molecule is CN1CCN(C(=O)NCc2c(F)cccc2Cl)CC1. The second-order valence-electron chi connectivity index (χ2n) is 4.65. The van der Waals surface area contributed by atoms with Crippen molar-refractivity contribution in [2.45, 2.75) is 6.54 Å². The summed E-state index contributed by atoms with van der Waals surface area (Å²) >= 11 is 5.91. The number of likely N-dealkylation sites (N-methyl/N-ethyl adjacent to an activating group) is 1. The van der Waals surface area contributed by atoms with E-state index in [0.717, 1.165) is 13.1 Å². The first-order chi connectivity index (χ1) is 9.08. The maximum atomic E-state index is 13.5. The molecule has 0 spiro atoms. The molecule has 0 aromatic heterocycles. The van der Waals surface area contributed by atoms with Gasteiger partial charge in [0.25, 0.3) is 0 Å². The van der Waals surface area contributed by atoms with Crippen molar-refractivity contribution in [3.63, 3.8) is 0 Å². The highest BCUT2D eigenvalue weighted by Gasteiger charge is 2.19. The first kappa shape index (κ1) is 14.1. The molecule has 2 amide bonds. The molecule has 0 aliphatic carbocycles. The molecule has 1 aliphatic rings. The number of hydrogen-bond donors (Lipinski definition) is 1. The molecule has 0 unspecified atom stereocenters. The number of amides is 2. The smallest absolute Gasteiger partial charge is 0.317 e. The molecule has 0 atom stereocenters. The van der Waals surface area contributed by atoms with Gasteiger partial charge in [0, 0.05) is 43.3 Å². The molecule has 1 saturated heterocycles. The maximum Gasteiger partial charge on any atom is 0.317 e.